The van der Waals surface area contributed by atoms with E-state index in [0.717, 1.165) is 90.4 Å². The standard InChI is InChI=1S/C18H42N4O2/c19-11-6-14-21-13-5-10-18(8-1-3-16-23,9-2-4-17-24)22-15-7-12-20/h21-24H,1-17,19-20H2. The minimum Gasteiger partial charge on any atom is -0.396 e. The van der Waals surface area contributed by atoms with Crippen LogP contribution < -0.4 is 22.1 Å². The Hall–Kier alpha value is -0.240. The van der Waals surface area contributed by atoms with Crippen molar-refractivity contribution in [3.05, 3.63) is 0 Å². The molecular formula is C18H42N4O2. The van der Waals surface area contributed by atoms with Crippen LogP contribution in [-0.2, 0) is 0 Å². The van der Waals surface area contributed by atoms with Gasteiger partial charge in [0.15, 0.2) is 0 Å². The third-order valence-corrected chi connectivity index (χ3v) is 4.57. The largest absolute Gasteiger partial charge is 0.396 e. The maximum Gasteiger partial charge on any atom is 0.0431 e. The second-order valence-corrected chi connectivity index (χ2v) is 6.71. The number of hydrogen-bond donors (Lipinski definition) is 6. The highest BCUT2D eigenvalue weighted by Gasteiger charge is 2.27. The van der Waals surface area contributed by atoms with Crippen LogP contribution in [0.2, 0.25) is 0 Å². The van der Waals surface area contributed by atoms with Gasteiger partial charge in [0.25, 0.3) is 0 Å². The summed E-state index contributed by atoms with van der Waals surface area (Å²) in [6, 6.07) is 0. The Labute approximate surface area is 148 Å². The molecule has 0 unspecified atom stereocenters. The minimum atomic E-state index is 0.106. The van der Waals surface area contributed by atoms with Gasteiger partial charge >= 0.3 is 0 Å². The highest BCUT2D eigenvalue weighted by atomic mass is 16.3. The molecule has 0 atom stereocenters. The highest BCUT2D eigenvalue weighted by Crippen LogP contribution is 2.27. The zero-order chi connectivity index (χ0) is 17.9. The molecule has 0 aromatic carbocycles. The SMILES string of the molecule is NCCCNCCCC(CCCCO)(CCCCO)NCCCN. The lowest BCUT2D eigenvalue weighted by Gasteiger charge is -2.36. The molecule has 6 nitrogen and oxygen atoms in total. The maximum atomic E-state index is 9.10. The average molecular weight is 347 g/mol. The normalized spacial score (nSPS) is 12.0. The molecule has 0 aliphatic carbocycles. The Morgan fingerprint density at radius 1 is 0.625 bits per heavy atom. The first-order valence-corrected chi connectivity index (χ1v) is 9.82. The van der Waals surface area contributed by atoms with E-state index >= 15 is 0 Å². The van der Waals surface area contributed by atoms with Gasteiger partial charge in [-0.25, -0.2) is 0 Å². The van der Waals surface area contributed by atoms with Crippen molar-refractivity contribution >= 4 is 0 Å². The van der Waals surface area contributed by atoms with Gasteiger partial charge in [-0.05, 0) is 96.9 Å². The first kappa shape index (κ1) is 23.8. The van der Waals surface area contributed by atoms with E-state index in [4.69, 9.17) is 21.7 Å². The van der Waals surface area contributed by atoms with Crippen LogP contribution in [0, 0.1) is 0 Å². The Bertz CT molecular complexity index is 229. The first-order chi connectivity index (χ1) is 11.7. The van der Waals surface area contributed by atoms with Crippen molar-refractivity contribution in [3.8, 4) is 0 Å². The second kappa shape index (κ2) is 17.6. The topological polar surface area (TPSA) is 117 Å². The molecule has 0 bridgehead atoms. The Morgan fingerprint density at radius 2 is 1.12 bits per heavy atom. The van der Waals surface area contributed by atoms with Crippen molar-refractivity contribution in [2.24, 2.45) is 11.5 Å². The molecule has 8 N–H and O–H groups in total. The zero-order valence-electron chi connectivity index (χ0n) is 15.6. The predicted octanol–water partition coefficient (Wildman–Crippen LogP) is 0.707. The van der Waals surface area contributed by atoms with Crippen LogP contribution in [0.3, 0.4) is 0 Å². The summed E-state index contributed by atoms with van der Waals surface area (Å²) in [6.07, 6.45) is 10.2. The van der Waals surface area contributed by atoms with Gasteiger partial charge in [0.1, 0.15) is 0 Å². The van der Waals surface area contributed by atoms with Crippen molar-refractivity contribution < 1.29 is 10.2 Å². The van der Waals surface area contributed by atoms with Crippen molar-refractivity contribution in [1.82, 2.24) is 10.6 Å². The summed E-state index contributed by atoms with van der Waals surface area (Å²) in [7, 11) is 0. The third kappa shape index (κ3) is 13.1. The maximum absolute atomic E-state index is 9.10. The van der Waals surface area contributed by atoms with Gasteiger partial charge in [-0.15, -0.1) is 0 Å². The number of hydrogen-bond acceptors (Lipinski definition) is 6. The molecule has 6 heteroatoms. The molecule has 0 aliphatic heterocycles. The Kier molecular flexibility index (Phi) is 17.4. The summed E-state index contributed by atoms with van der Waals surface area (Å²) in [5.41, 5.74) is 11.3. The monoisotopic (exact) mass is 346 g/mol. The molecular weight excluding hydrogens is 304 g/mol. The van der Waals surface area contributed by atoms with Gasteiger partial charge in [-0.2, -0.15) is 0 Å². The molecule has 0 aromatic heterocycles. The van der Waals surface area contributed by atoms with Crippen molar-refractivity contribution in [2.75, 3.05) is 45.9 Å². The van der Waals surface area contributed by atoms with Crippen molar-refractivity contribution in [3.63, 3.8) is 0 Å². The Balaban J connectivity index is 4.48. The molecule has 0 amide bonds. The zero-order valence-corrected chi connectivity index (χ0v) is 15.6. The van der Waals surface area contributed by atoms with E-state index in [1.54, 1.807) is 0 Å². The average Bonchev–Trinajstić information content (AvgIpc) is 2.58. The number of nitrogens with two attached hydrogens (primary N) is 2. The third-order valence-electron chi connectivity index (χ3n) is 4.57. The summed E-state index contributed by atoms with van der Waals surface area (Å²) in [4.78, 5) is 0. The summed E-state index contributed by atoms with van der Waals surface area (Å²) in [5.74, 6) is 0. The highest BCUT2D eigenvalue weighted by molar-refractivity contribution is 4.88. The summed E-state index contributed by atoms with van der Waals surface area (Å²) in [6.45, 7) is 4.90. The van der Waals surface area contributed by atoms with Crippen LogP contribution in [0.1, 0.15) is 64.2 Å². The molecule has 0 radical (unpaired) electrons. The number of aliphatic hydroxyl groups is 2. The number of nitrogens with one attached hydrogen (secondary N) is 2. The fraction of sp³-hybridized carbons (Fsp3) is 1.00. The molecule has 0 aliphatic rings. The van der Waals surface area contributed by atoms with Crippen LogP contribution in [-0.4, -0.2) is 61.7 Å². The van der Waals surface area contributed by atoms with E-state index < -0.39 is 0 Å². The van der Waals surface area contributed by atoms with E-state index in [0.29, 0.717) is 6.54 Å². The van der Waals surface area contributed by atoms with Gasteiger partial charge in [0.2, 0.25) is 0 Å². The molecule has 0 rings (SSSR count). The lowest BCUT2D eigenvalue weighted by molar-refractivity contribution is 0.214. The van der Waals surface area contributed by atoms with Crippen molar-refractivity contribution in [1.29, 1.82) is 0 Å². The van der Waals surface area contributed by atoms with Crippen LogP contribution >= 0.6 is 0 Å². The van der Waals surface area contributed by atoms with Crippen LogP contribution in [0.5, 0.6) is 0 Å². The molecule has 0 heterocycles. The molecule has 0 spiro atoms. The van der Waals surface area contributed by atoms with E-state index in [-0.39, 0.29) is 18.8 Å². The summed E-state index contributed by atoms with van der Waals surface area (Å²) in [5, 5.41) is 25.4. The van der Waals surface area contributed by atoms with Crippen molar-refractivity contribution in [2.45, 2.75) is 69.7 Å². The number of rotatable bonds is 19. The van der Waals surface area contributed by atoms with Crippen LogP contribution in [0.25, 0.3) is 0 Å². The second-order valence-electron chi connectivity index (χ2n) is 6.71. The quantitative estimate of drug-likeness (QED) is 0.192. The lowest BCUT2D eigenvalue weighted by atomic mass is 9.82. The molecule has 0 saturated heterocycles. The smallest absolute Gasteiger partial charge is 0.0431 e. The molecule has 0 aromatic rings. The van der Waals surface area contributed by atoms with Crippen LogP contribution in [0.15, 0.2) is 0 Å². The minimum absolute atomic E-state index is 0.106. The van der Waals surface area contributed by atoms with Crippen LogP contribution in [0.4, 0.5) is 0 Å². The van der Waals surface area contributed by atoms with Gasteiger partial charge < -0.3 is 32.3 Å². The van der Waals surface area contributed by atoms with Gasteiger partial charge in [0.05, 0.1) is 0 Å². The fourth-order valence-electron chi connectivity index (χ4n) is 3.15. The molecule has 0 fully saturated rings. The first-order valence-electron chi connectivity index (χ1n) is 9.82. The van der Waals surface area contributed by atoms with E-state index in [2.05, 4.69) is 10.6 Å². The van der Waals surface area contributed by atoms with E-state index in [1.807, 2.05) is 0 Å². The fourth-order valence-corrected chi connectivity index (χ4v) is 3.15. The summed E-state index contributed by atoms with van der Waals surface area (Å²) >= 11 is 0. The van der Waals surface area contributed by atoms with E-state index in [1.165, 1.54) is 0 Å². The van der Waals surface area contributed by atoms with Gasteiger partial charge in [-0.1, -0.05) is 0 Å². The predicted molar refractivity (Wildman–Crippen MR) is 102 cm³/mol. The lowest BCUT2D eigenvalue weighted by Crippen LogP contribution is -2.46. The number of aliphatic hydroxyl groups excluding tert-OH is 2. The van der Waals surface area contributed by atoms with Gasteiger partial charge in [-0.3, -0.25) is 0 Å². The molecule has 146 valence electrons. The summed E-state index contributed by atoms with van der Waals surface area (Å²) < 4.78 is 0. The Morgan fingerprint density at radius 3 is 1.67 bits per heavy atom. The molecule has 24 heavy (non-hydrogen) atoms. The molecule has 0 saturated carbocycles. The number of unbranched alkanes of at least 4 members (excludes halogenated alkanes) is 2. The van der Waals surface area contributed by atoms with E-state index in [9.17, 15) is 0 Å². The van der Waals surface area contributed by atoms with Gasteiger partial charge in [0, 0.05) is 18.8 Å².